The second-order valence-electron chi connectivity index (χ2n) is 9.67. The second-order valence-corrected chi connectivity index (χ2v) is 9.67. The Hall–Kier alpha value is -2.95. The minimum absolute atomic E-state index is 0.0236. The van der Waals surface area contributed by atoms with Crippen molar-refractivity contribution in [1.82, 2.24) is 4.90 Å². The van der Waals surface area contributed by atoms with Crippen LogP contribution < -0.4 is 4.90 Å². The average Bonchev–Trinajstić information content (AvgIpc) is 2.98. The van der Waals surface area contributed by atoms with E-state index >= 15 is 0 Å². The Morgan fingerprint density at radius 1 is 0.935 bits per heavy atom. The van der Waals surface area contributed by atoms with Crippen LogP contribution >= 0.6 is 0 Å². The summed E-state index contributed by atoms with van der Waals surface area (Å²) in [6.07, 6.45) is 2.08. The molecule has 5 heteroatoms. The number of hydrogen-bond acceptors (Lipinski definition) is 3. The summed E-state index contributed by atoms with van der Waals surface area (Å²) in [7, 11) is 0. The van der Waals surface area contributed by atoms with Gasteiger partial charge in [-0.05, 0) is 59.6 Å². The fourth-order valence-corrected chi connectivity index (χ4v) is 4.43. The van der Waals surface area contributed by atoms with E-state index in [1.807, 2.05) is 29.2 Å². The van der Waals surface area contributed by atoms with Gasteiger partial charge in [-0.3, -0.25) is 9.59 Å². The first-order valence-electron chi connectivity index (χ1n) is 10.9. The lowest BCUT2D eigenvalue weighted by Gasteiger charge is -2.33. The van der Waals surface area contributed by atoms with Gasteiger partial charge in [-0.1, -0.05) is 52.0 Å². The zero-order valence-electron chi connectivity index (χ0n) is 18.6. The van der Waals surface area contributed by atoms with Gasteiger partial charge >= 0.3 is 0 Å². The van der Waals surface area contributed by atoms with Crippen molar-refractivity contribution in [3.8, 4) is 0 Å². The lowest BCUT2D eigenvalue weighted by atomic mass is 9.87. The summed E-state index contributed by atoms with van der Waals surface area (Å²) in [4.78, 5) is 30.4. The van der Waals surface area contributed by atoms with Crippen LogP contribution in [0.15, 0.2) is 54.2 Å². The first-order valence-corrected chi connectivity index (χ1v) is 10.9. The minimum Gasteiger partial charge on any atom is -0.366 e. The zero-order chi connectivity index (χ0) is 22.3. The van der Waals surface area contributed by atoms with Crippen molar-refractivity contribution in [3.63, 3.8) is 0 Å². The van der Waals surface area contributed by atoms with E-state index in [0.29, 0.717) is 28.4 Å². The molecule has 31 heavy (non-hydrogen) atoms. The maximum Gasteiger partial charge on any atom is 0.282 e. The van der Waals surface area contributed by atoms with E-state index in [2.05, 4.69) is 27.7 Å². The molecule has 0 N–H and O–H groups in total. The number of imide groups is 1. The SMILES string of the molecule is CC1CCCN(C2=C(c3ccc(F)cc3)C(=O)N(c3ccc(C(C)(C)C)cc3)C2=O)C1. The van der Waals surface area contributed by atoms with Crippen molar-refractivity contribution >= 4 is 23.1 Å². The van der Waals surface area contributed by atoms with Crippen molar-refractivity contribution < 1.29 is 14.0 Å². The third-order valence-corrected chi connectivity index (χ3v) is 6.16. The number of carbonyl (C=O) groups is 2. The van der Waals surface area contributed by atoms with Gasteiger partial charge in [0.15, 0.2) is 0 Å². The molecule has 2 aromatic carbocycles. The lowest BCUT2D eigenvalue weighted by Crippen LogP contribution is -2.39. The number of nitrogens with zero attached hydrogens (tertiary/aromatic N) is 2. The van der Waals surface area contributed by atoms with Crippen LogP contribution in [0.4, 0.5) is 10.1 Å². The van der Waals surface area contributed by atoms with Crippen LogP contribution in [0.1, 0.15) is 51.7 Å². The van der Waals surface area contributed by atoms with Crippen molar-refractivity contribution in [1.29, 1.82) is 0 Å². The molecule has 2 aliphatic rings. The van der Waals surface area contributed by atoms with Crippen molar-refractivity contribution in [3.05, 3.63) is 71.2 Å². The molecule has 2 heterocycles. The summed E-state index contributed by atoms with van der Waals surface area (Å²) < 4.78 is 13.5. The van der Waals surface area contributed by atoms with Crippen LogP contribution in [-0.2, 0) is 15.0 Å². The molecule has 1 atom stereocenters. The predicted octanol–water partition coefficient (Wildman–Crippen LogP) is 5.14. The smallest absolute Gasteiger partial charge is 0.282 e. The summed E-state index contributed by atoms with van der Waals surface area (Å²) in [6.45, 7) is 10.00. The van der Waals surface area contributed by atoms with Gasteiger partial charge in [-0.15, -0.1) is 0 Å². The molecule has 4 nitrogen and oxygen atoms in total. The van der Waals surface area contributed by atoms with Gasteiger partial charge in [-0.2, -0.15) is 0 Å². The quantitative estimate of drug-likeness (QED) is 0.646. The van der Waals surface area contributed by atoms with Gasteiger partial charge < -0.3 is 4.90 Å². The molecule has 162 valence electrons. The van der Waals surface area contributed by atoms with Crippen LogP contribution in [0.2, 0.25) is 0 Å². The number of benzene rings is 2. The summed E-state index contributed by atoms with van der Waals surface area (Å²) in [5.74, 6) is -0.585. The van der Waals surface area contributed by atoms with E-state index in [0.717, 1.165) is 31.5 Å². The Morgan fingerprint density at radius 3 is 2.16 bits per heavy atom. The number of carbonyl (C=O) groups excluding carboxylic acids is 2. The minimum atomic E-state index is -0.371. The number of anilines is 1. The van der Waals surface area contributed by atoms with Crippen LogP contribution in [0.25, 0.3) is 5.57 Å². The summed E-state index contributed by atoms with van der Waals surface area (Å²) in [5, 5.41) is 0. The highest BCUT2D eigenvalue weighted by molar-refractivity contribution is 6.45. The molecular formula is C26H29FN2O2. The van der Waals surface area contributed by atoms with Gasteiger partial charge in [0.05, 0.1) is 11.3 Å². The molecule has 2 aromatic rings. The van der Waals surface area contributed by atoms with E-state index < -0.39 is 0 Å². The first-order chi connectivity index (χ1) is 14.7. The topological polar surface area (TPSA) is 40.6 Å². The Morgan fingerprint density at radius 2 is 1.58 bits per heavy atom. The van der Waals surface area contributed by atoms with Crippen molar-refractivity contribution in [2.45, 2.75) is 46.0 Å². The predicted molar refractivity (Wildman–Crippen MR) is 121 cm³/mol. The lowest BCUT2D eigenvalue weighted by molar-refractivity contribution is -0.120. The summed E-state index contributed by atoms with van der Waals surface area (Å²) in [5.41, 5.74) is 3.03. The van der Waals surface area contributed by atoms with Crippen molar-refractivity contribution in [2.24, 2.45) is 5.92 Å². The number of piperidine rings is 1. The largest absolute Gasteiger partial charge is 0.366 e. The van der Waals surface area contributed by atoms with Gasteiger partial charge in [0.25, 0.3) is 11.8 Å². The number of halogens is 1. The first kappa shape index (κ1) is 21.3. The normalized spacial score (nSPS) is 20.1. The van der Waals surface area contributed by atoms with Gasteiger partial charge in [0, 0.05) is 13.1 Å². The van der Waals surface area contributed by atoms with Crippen LogP contribution in [-0.4, -0.2) is 29.8 Å². The fraction of sp³-hybridized carbons (Fsp3) is 0.385. The molecule has 2 amide bonds. The third-order valence-electron chi connectivity index (χ3n) is 6.16. The molecule has 0 bridgehead atoms. The number of rotatable bonds is 3. The highest BCUT2D eigenvalue weighted by atomic mass is 19.1. The monoisotopic (exact) mass is 420 g/mol. The molecule has 0 aromatic heterocycles. The zero-order valence-corrected chi connectivity index (χ0v) is 18.6. The molecule has 0 saturated carbocycles. The fourth-order valence-electron chi connectivity index (χ4n) is 4.43. The average molecular weight is 421 g/mol. The van der Waals surface area contributed by atoms with E-state index in [9.17, 15) is 14.0 Å². The second kappa shape index (κ2) is 7.95. The van der Waals surface area contributed by atoms with Crippen LogP contribution in [0.5, 0.6) is 0 Å². The Balaban J connectivity index is 1.77. The molecule has 0 radical (unpaired) electrons. The third kappa shape index (κ3) is 4.01. The summed E-state index contributed by atoms with van der Waals surface area (Å²) in [6, 6.07) is 13.4. The Labute approximate surface area is 183 Å². The maximum atomic E-state index is 13.6. The van der Waals surface area contributed by atoms with Crippen LogP contribution in [0.3, 0.4) is 0 Å². The molecule has 4 rings (SSSR count). The Bertz CT molecular complexity index is 1030. The highest BCUT2D eigenvalue weighted by Gasteiger charge is 2.43. The number of hydrogen-bond donors (Lipinski definition) is 0. The van der Waals surface area contributed by atoms with Crippen molar-refractivity contribution in [2.75, 3.05) is 18.0 Å². The van der Waals surface area contributed by atoms with Gasteiger partial charge in [-0.25, -0.2) is 9.29 Å². The molecular weight excluding hydrogens is 391 g/mol. The number of likely N-dealkylation sites (tertiary alicyclic amines) is 1. The van der Waals surface area contributed by atoms with Gasteiger partial charge in [0.1, 0.15) is 11.5 Å². The van der Waals surface area contributed by atoms with E-state index in [-0.39, 0.29) is 23.0 Å². The van der Waals surface area contributed by atoms with Gasteiger partial charge in [0.2, 0.25) is 0 Å². The molecule has 0 aliphatic carbocycles. The van der Waals surface area contributed by atoms with Crippen LogP contribution in [0, 0.1) is 11.7 Å². The molecule has 1 unspecified atom stereocenters. The van der Waals surface area contributed by atoms with E-state index in [1.54, 1.807) is 12.1 Å². The Kier molecular flexibility index (Phi) is 5.46. The highest BCUT2D eigenvalue weighted by Crippen LogP contribution is 2.37. The number of amides is 2. The molecule has 1 saturated heterocycles. The molecule has 0 spiro atoms. The van der Waals surface area contributed by atoms with E-state index in [4.69, 9.17) is 0 Å². The molecule has 1 fully saturated rings. The standard InChI is InChI=1S/C26H29FN2O2/c1-17-6-5-15-28(16-17)23-22(18-7-11-20(27)12-8-18)24(30)29(25(23)31)21-13-9-19(10-14-21)26(2,3)4/h7-14,17H,5-6,15-16H2,1-4H3. The summed E-state index contributed by atoms with van der Waals surface area (Å²) >= 11 is 0. The molecule has 2 aliphatic heterocycles. The van der Waals surface area contributed by atoms with E-state index in [1.165, 1.54) is 17.0 Å². The maximum absolute atomic E-state index is 13.6.